The number of thiophene rings is 1. The molecule has 0 spiro atoms. The summed E-state index contributed by atoms with van der Waals surface area (Å²) in [5, 5.41) is 22.7. The minimum absolute atomic E-state index is 0.0135. The molecule has 8 heteroatoms. The Hall–Kier alpha value is -3.91. The Bertz CT molecular complexity index is 1310. The lowest BCUT2D eigenvalue weighted by Gasteiger charge is -2.08. The highest BCUT2D eigenvalue weighted by molar-refractivity contribution is 7.12. The fraction of sp³-hybridized carbons (Fsp3) is 0.192. The smallest absolute Gasteiger partial charge is 0.342 e. The van der Waals surface area contributed by atoms with Crippen molar-refractivity contribution in [3.8, 4) is 17.0 Å². The van der Waals surface area contributed by atoms with Crippen LogP contribution in [-0.2, 0) is 6.42 Å². The van der Waals surface area contributed by atoms with E-state index in [1.54, 1.807) is 18.2 Å². The Morgan fingerprint density at radius 2 is 1.88 bits per heavy atom. The van der Waals surface area contributed by atoms with Crippen LogP contribution in [0.4, 0.5) is 10.5 Å². The molecular weight excluding hydrogens is 448 g/mol. The standard InChI is InChI=1S/C26H24N4O3S/c31-23-15-19(28-25(32)24-7-4-14-34-24)10-11-20(23)21-16-22(18-8-9-18)30(29-21)26(33)27-13-12-17-5-2-1-3-6-17/h1-7,10-11,14-16,18,31H,8-9,12-13H2,(H,27,33)(H,28,32). The molecule has 0 unspecified atom stereocenters. The van der Waals surface area contributed by atoms with E-state index in [-0.39, 0.29) is 17.7 Å². The highest BCUT2D eigenvalue weighted by Crippen LogP contribution is 2.42. The fourth-order valence-electron chi connectivity index (χ4n) is 3.82. The Morgan fingerprint density at radius 3 is 2.59 bits per heavy atom. The second-order valence-corrected chi connectivity index (χ2v) is 9.22. The molecule has 1 saturated carbocycles. The van der Waals surface area contributed by atoms with E-state index in [4.69, 9.17) is 0 Å². The normalized spacial score (nSPS) is 12.9. The monoisotopic (exact) mass is 472 g/mol. The Labute approximate surface area is 201 Å². The van der Waals surface area contributed by atoms with Crippen molar-refractivity contribution in [2.45, 2.75) is 25.2 Å². The van der Waals surface area contributed by atoms with Gasteiger partial charge in [-0.05, 0) is 54.5 Å². The van der Waals surface area contributed by atoms with Gasteiger partial charge in [0.05, 0.1) is 16.3 Å². The van der Waals surface area contributed by atoms with Crippen LogP contribution in [0.25, 0.3) is 11.3 Å². The second-order valence-electron chi connectivity index (χ2n) is 8.27. The van der Waals surface area contributed by atoms with E-state index in [0.717, 1.165) is 30.5 Å². The van der Waals surface area contributed by atoms with Gasteiger partial charge in [0.25, 0.3) is 5.91 Å². The molecule has 4 aromatic rings. The summed E-state index contributed by atoms with van der Waals surface area (Å²) < 4.78 is 1.42. The number of phenolic OH excluding ortho intramolecular Hbond substituents is 1. The van der Waals surface area contributed by atoms with Crippen LogP contribution >= 0.6 is 11.3 Å². The number of aromatic hydroxyl groups is 1. The third-order valence-electron chi connectivity index (χ3n) is 5.73. The maximum Gasteiger partial charge on any atom is 0.342 e. The van der Waals surface area contributed by atoms with Gasteiger partial charge < -0.3 is 15.7 Å². The molecule has 5 rings (SSSR count). The van der Waals surface area contributed by atoms with Gasteiger partial charge in [-0.2, -0.15) is 9.78 Å². The van der Waals surface area contributed by atoms with Crippen LogP contribution in [0.5, 0.6) is 5.75 Å². The maximum absolute atomic E-state index is 12.9. The lowest BCUT2D eigenvalue weighted by atomic mass is 10.1. The molecule has 172 valence electrons. The van der Waals surface area contributed by atoms with Crippen molar-refractivity contribution in [1.82, 2.24) is 15.1 Å². The SMILES string of the molecule is O=C(Nc1ccc(-c2cc(C3CC3)n(C(=O)NCCc3ccccc3)n2)c(O)c1)c1cccs1. The van der Waals surface area contributed by atoms with Crippen molar-refractivity contribution in [1.29, 1.82) is 0 Å². The predicted octanol–water partition coefficient (Wildman–Crippen LogP) is 5.25. The van der Waals surface area contributed by atoms with Crippen molar-refractivity contribution in [2.75, 3.05) is 11.9 Å². The molecule has 2 amide bonds. The predicted molar refractivity (Wildman–Crippen MR) is 133 cm³/mol. The van der Waals surface area contributed by atoms with Crippen molar-refractivity contribution in [3.05, 3.63) is 88.2 Å². The van der Waals surface area contributed by atoms with Crippen LogP contribution in [0.2, 0.25) is 0 Å². The zero-order valence-corrected chi connectivity index (χ0v) is 19.2. The number of carbonyl (C=O) groups excluding carboxylic acids is 2. The summed E-state index contributed by atoms with van der Waals surface area (Å²) >= 11 is 1.35. The summed E-state index contributed by atoms with van der Waals surface area (Å²) in [6, 6.07) is 20.1. The van der Waals surface area contributed by atoms with Gasteiger partial charge in [0.15, 0.2) is 0 Å². The summed E-state index contributed by atoms with van der Waals surface area (Å²) in [6.07, 6.45) is 2.77. The van der Waals surface area contributed by atoms with Crippen LogP contribution in [0.1, 0.15) is 39.7 Å². The molecule has 0 bridgehead atoms. The number of hydrogen-bond acceptors (Lipinski definition) is 5. The molecule has 1 fully saturated rings. The highest BCUT2D eigenvalue weighted by atomic mass is 32.1. The van der Waals surface area contributed by atoms with E-state index in [1.807, 2.05) is 47.8 Å². The van der Waals surface area contributed by atoms with Crippen LogP contribution in [0.3, 0.4) is 0 Å². The molecule has 0 saturated heterocycles. The zero-order chi connectivity index (χ0) is 23.5. The molecule has 2 aromatic heterocycles. The third-order valence-corrected chi connectivity index (χ3v) is 6.60. The highest BCUT2D eigenvalue weighted by Gasteiger charge is 2.30. The first-order chi connectivity index (χ1) is 16.6. The Balaban J connectivity index is 1.31. The van der Waals surface area contributed by atoms with Crippen LogP contribution in [-0.4, -0.2) is 33.4 Å². The summed E-state index contributed by atoms with van der Waals surface area (Å²) in [5.74, 6) is 0.0581. The molecule has 7 nitrogen and oxygen atoms in total. The van der Waals surface area contributed by atoms with Gasteiger partial charge in [0, 0.05) is 29.8 Å². The van der Waals surface area contributed by atoms with E-state index in [0.29, 0.717) is 34.3 Å². The summed E-state index contributed by atoms with van der Waals surface area (Å²) in [5.41, 5.74) is 3.52. The van der Waals surface area contributed by atoms with E-state index in [1.165, 1.54) is 22.1 Å². The molecule has 2 aromatic carbocycles. The fourth-order valence-corrected chi connectivity index (χ4v) is 4.44. The number of nitrogens with one attached hydrogen (secondary N) is 2. The lowest BCUT2D eigenvalue weighted by Crippen LogP contribution is -2.32. The molecule has 0 aliphatic heterocycles. The van der Waals surface area contributed by atoms with Gasteiger partial charge in [-0.15, -0.1) is 11.3 Å². The van der Waals surface area contributed by atoms with Gasteiger partial charge >= 0.3 is 6.03 Å². The largest absolute Gasteiger partial charge is 0.507 e. The molecular formula is C26H24N4O3S. The molecule has 1 aliphatic rings. The first-order valence-corrected chi connectivity index (χ1v) is 12.1. The molecule has 0 atom stereocenters. The van der Waals surface area contributed by atoms with E-state index < -0.39 is 0 Å². The van der Waals surface area contributed by atoms with Crippen molar-refractivity contribution >= 4 is 29.0 Å². The van der Waals surface area contributed by atoms with Crippen LogP contribution < -0.4 is 10.6 Å². The van der Waals surface area contributed by atoms with Gasteiger partial charge in [-0.1, -0.05) is 36.4 Å². The average Bonchev–Trinajstić information content (AvgIpc) is 3.34. The first kappa shape index (κ1) is 21.9. The molecule has 1 aliphatic carbocycles. The van der Waals surface area contributed by atoms with Crippen molar-refractivity contribution in [2.24, 2.45) is 0 Å². The number of anilines is 1. The maximum atomic E-state index is 12.9. The Morgan fingerprint density at radius 1 is 1.06 bits per heavy atom. The lowest BCUT2D eigenvalue weighted by molar-refractivity contribution is 0.103. The van der Waals surface area contributed by atoms with Gasteiger partial charge in [0.2, 0.25) is 0 Å². The molecule has 3 N–H and O–H groups in total. The van der Waals surface area contributed by atoms with Gasteiger partial charge in [-0.25, -0.2) is 4.79 Å². The molecule has 34 heavy (non-hydrogen) atoms. The number of hydrogen-bond donors (Lipinski definition) is 3. The van der Waals surface area contributed by atoms with E-state index in [9.17, 15) is 14.7 Å². The quantitative estimate of drug-likeness (QED) is 0.342. The summed E-state index contributed by atoms with van der Waals surface area (Å²) in [6.45, 7) is 0.506. The Kier molecular flexibility index (Phi) is 6.14. The minimum Gasteiger partial charge on any atom is -0.507 e. The van der Waals surface area contributed by atoms with Crippen molar-refractivity contribution < 1.29 is 14.7 Å². The zero-order valence-electron chi connectivity index (χ0n) is 18.4. The summed E-state index contributed by atoms with van der Waals surface area (Å²) in [7, 11) is 0. The third kappa shape index (κ3) is 4.87. The van der Waals surface area contributed by atoms with E-state index in [2.05, 4.69) is 15.7 Å². The summed E-state index contributed by atoms with van der Waals surface area (Å²) in [4.78, 5) is 25.8. The number of aromatic nitrogens is 2. The number of amides is 2. The number of phenols is 1. The van der Waals surface area contributed by atoms with E-state index >= 15 is 0 Å². The van der Waals surface area contributed by atoms with Gasteiger partial charge in [-0.3, -0.25) is 4.79 Å². The minimum atomic E-state index is -0.275. The number of carbonyl (C=O) groups is 2. The first-order valence-electron chi connectivity index (χ1n) is 11.2. The number of benzene rings is 2. The molecule has 2 heterocycles. The average molecular weight is 473 g/mol. The van der Waals surface area contributed by atoms with Crippen LogP contribution in [0, 0.1) is 0 Å². The topological polar surface area (TPSA) is 96.3 Å². The number of rotatable bonds is 7. The van der Waals surface area contributed by atoms with Gasteiger partial charge in [0.1, 0.15) is 5.75 Å². The number of nitrogens with zero attached hydrogens (tertiary/aromatic N) is 2. The van der Waals surface area contributed by atoms with Crippen molar-refractivity contribution in [3.63, 3.8) is 0 Å². The second kappa shape index (κ2) is 9.52. The molecule has 0 radical (unpaired) electrons. The van der Waals surface area contributed by atoms with Crippen LogP contribution in [0.15, 0.2) is 72.1 Å².